The SMILES string of the molecule is CC/C(C)=C(/C=C1/C(F)=CC=CN1C)C(=O)Nc1csc(-c2ccc(C)c(F)c2F)c1C(=O)OC. The van der Waals surface area contributed by atoms with E-state index >= 15 is 0 Å². The van der Waals surface area contributed by atoms with Crippen molar-refractivity contribution in [2.75, 3.05) is 19.5 Å². The lowest BCUT2D eigenvalue weighted by atomic mass is 10.0. The van der Waals surface area contributed by atoms with Gasteiger partial charge < -0.3 is 15.0 Å². The molecule has 1 aromatic carbocycles. The molecule has 9 heteroatoms. The molecule has 5 nitrogen and oxygen atoms in total. The molecule has 0 spiro atoms. The molecule has 184 valence electrons. The molecule has 0 unspecified atom stereocenters. The van der Waals surface area contributed by atoms with Crippen LogP contribution >= 0.6 is 11.3 Å². The molecule has 2 aromatic rings. The van der Waals surface area contributed by atoms with E-state index in [0.717, 1.165) is 18.4 Å². The number of rotatable bonds is 6. The van der Waals surface area contributed by atoms with Gasteiger partial charge in [0.25, 0.3) is 5.91 Å². The van der Waals surface area contributed by atoms with Gasteiger partial charge in [-0.3, -0.25) is 4.79 Å². The Kier molecular flexibility index (Phi) is 8.01. The summed E-state index contributed by atoms with van der Waals surface area (Å²) in [5.74, 6) is -4.03. The van der Waals surface area contributed by atoms with Crippen LogP contribution in [0.5, 0.6) is 0 Å². The van der Waals surface area contributed by atoms with Gasteiger partial charge in [-0.1, -0.05) is 24.6 Å². The van der Waals surface area contributed by atoms with Gasteiger partial charge in [0, 0.05) is 29.8 Å². The Bertz CT molecular complexity index is 1310. The van der Waals surface area contributed by atoms with Crippen molar-refractivity contribution in [3.8, 4) is 10.4 Å². The summed E-state index contributed by atoms with van der Waals surface area (Å²) < 4.78 is 48.2. The monoisotopic (exact) mass is 502 g/mol. The van der Waals surface area contributed by atoms with Crippen LogP contribution in [0.2, 0.25) is 0 Å². The highest BCUT2D eigenvalue weighted by atomic mass is 32.1. The number of nitrogens with zero attached hydrogens (tertiary/aromatic N) is 1. The maximum Gasteiger partial charge on any atom is 0.341 e. The third kappa shape index (κ3) is 5.24. The van der Waals surface area contributed by atoms with Gasteiger partial charge in [0.2, 0.25) is 0 Å². The van der Waals surface area contributed by atoms with Crippen molar-refractivity contribution in [2.45, 2.75) is 27.2 Å². The van der Waals surface area contributed by atoms with Crippen LogP contribution in [0.3, 0.4) is 0 Å². The van der Waals surface area contributed by atoms with Crippen LogP contribution in [0, 0.1) is 18.6 Å². The molecule has 1 aliphatic heterocycles. The summed E-state index contributed by atoms with van der Waals surface area (Å²) >= 11 is 0.966. The highest BCUT2D eigenvalue weighted by Crippen LogP contribution is 2.39. The van der Waals surface area contributed by atoms with E-state index in [1.54, 1.807) is 31.1 Å². The zero-order valence-electron chi connectivity index (χ0n) is 20.0. The van der Waals surface area contributed by atoms with Gasteiger partial charge in [-0.25, -0.2) is 18.0 Å². The maximum absolute atomic E-state index is 14.7. The third-order valence-electron chi connectivity index (χ3n) is 5.64. The molecule has 3 rings (SSSR count). The summed E-state index contributed by atoms with van der Waals surface area (Å²) in [5, 5.41) is 4.13. The summed E-state index contributed by atoms with van der Waals surface area (Å²) in [6.45, 7) is 5.03. The lowest BCUT2D eigenvalue weighted by molar-refractivity contribution is -0.112. The van der Waals surface area contributed by atoms with Gasteiger partial charge in [-0.15, -0.1) is 11.3 Å². The maximum atomic E-state index is 14.7. The molecule has 0 radical (unpaired) electrons. The number of allylic oxidation sites excluding steroid dienone is 4. The number of carbonyl (C=O) groups is 2. The van der Waals surface area contributed by atoms with Gasteiger partial charge >= 0.3 is 5.97 Å². The number of nitrogens with one attached hydrogen (secondary N) is 1. The standard InChI is InChI=1S/C26H25F3N2O3S/c1-6-14(2)17(12-20-18(27)8-7-11-31(20)4)25(32)30-19-13-35-24(21(19)26(33)34-5)16-10-9-15(3)22(28)23(16)29/h7-13H,6H2,1-5H3,(H,30,32)/b17-14-,20-12-. The number of amides is 1. The van der Waals surface area contributed by atoms with Crippen LogP contribution in [0.15, 0.2) is 64.6 Å². The fraction of sp³-hybridized carbons (Fsp3) is 0.231. The topological polar surface area (TPSA) is 58.6 Å². The van der Waals surface area contributed by atoms with E-state index in [4.69, 9.17) is 4.74 Å². The first-order chi connectivity index (χ1) is 16.6. The van der Waals surface area contributed by atoms with E-state index in [0.29, 0.717) is 12.0 Å². The molecule has 1 aromatic heterocycles. The second kappa shape index (κ2) is 10.8. The van der Waals surface area contributed by atoms with Gasteiger partial charge in [0.1, 0.15) is 11.4 Å². The van der Waals surface area contributed by atoms with E-state index in [2.05, 4.69) is 5.32 Å². The minimum Gasteiger partial charge on any atom is -0.465 e. The predicted molar refractivity (Wildman–Crippen MR) is 132 cm³/mol. The van der Waals surface area contributed by atoms with Crippen molar-refractivity contribution in [3.63, 3.8) is 0 Å². The zero-order valence-corrected chi connectivity index (χ0v) is 20.8. The van der Waals surface area contributed by atoms with Gasteiger partial charge in [-0.05, 0) is 44.1 Å². The number of benzene rings is 1. The Morgan fingerprint density at radius 2 is 1.91 bits per heavy atom. The molecule has 1 aliphatic rings. The molecule has 35 heavy (non-hydrogen) atoms. The van der Waals surface area contributed by atoms with Crippen molar-refractivity contribution in [1.29, 1.82) is 0 Å². The van der Waals surface area contributed by atoms with Gasteiger partial charge in [0.15, 0.2) is 11.6 Å². The second-order valence-electron chi connectivity index (χ2n) is 7.90. The molecule has 0 saturated heterocycles. The summed E-state index contributed by atoms with van der Waals surface area (Å²) in [5.41, 5.74) is 1.08. The lowest BCUT2D eigenvalue weighted by Crippen LogP contribution is -2.19. The summed E-state index contributed by atoms with van der Waals surface area (Å²) in [4.78, 5) is 27.6. The van der Waals surface area contributed by atoms with Crippen molar-refractivity contribution in [1.82, 2.24) is 4.90 Å². The van der Waals surface area contributed by atoms with E-state index in [1.807, 2.05) is 6.92 Å². The Hall–Kier alpha value is -3.59. The number of hydrogen-bond acceptors (Lipinski definition) is 5. The third-order valence-corrected chi connectivity index (χ3v) is 6.65. The van der Waals surface area contributed by atoms with Crippen LogP contribution in [-0.4, -0.2) is 30.9 Å². The minimum absolute atomic E-state index is 0.0787. The van der Waals surface area contributed by atoms with Crippen molar-refractivity contribution >= 4 is 28.9 Å². The number of likely N-dealkylation sites (N-methyl/N-ethyl adjacent to an activating group) is 1. The number of hydrogen-bond donors (Lipinski definition) is 1. The zero-order chi connectivity index (χ0) is 25.9. The Labute approximate surface area is 205 Å². The highest BCUT2D eigenvalue weighted by Gasteiger charge is 2.26. The Morgan fingerprint density at radius 1 is 1.20 bits per heavy atom. The first-order valence-electron chi connectivity index (χ1n) is 10.7. The van der Waals surface area contributed by atoms with Crippen LogP contribution in [0.4, 0.5) is 18.9 Å². The number of thiophene rings is 1. The van der Waals surface area contributed by atoms with Crippen LogP contribution < -0.4 is 5.32 Å². The normalized spacial score (nSPS) is 15.1. The van der Waals surface area contributed by atoms with Crippen LogP contribution in [0.1, 0.15) is 36.2 Å². The quantitative estimate of drug-likeness (QED) is 0.355. The molecule has 0 aliphatic carbocycles. The fourth-order valence-corrected chi connectivity index (χ4v) is 4.44. The lowest BCUT2D eigenvalue weighted by Gasteiger charge is -2.21. The Balaban J connectivity index is 2.07. The van der Waals surface area contributed by atoms with E-state index in [1.165, 1.54) is 36.6 Å². The molecule has 0 fully saturated rings. The number of ether oxygens (including phenoxy) is 1. The highest BCUT2D eigenvalue weighted by molar-refractivity contribution is 7.14. The summed E-state index contributed by atoms with van der Waals surface area (Å²) in [7, 11) is 2.81. The van der Waals surface area contributed by atoms with Crippen molar-refractivity contribution in [3.05, 3.63) is 87.4 Å². The summed E-state index contributed by atoms with van der Waals surface area (Å²) in [6.07, 6.45) is 6.44. The molecule has 1 N–H and O–H groups in total. The number of methoxy groups -OCH3 is 1. The predicted octanol–water partition coefficient (Wildman–Crippen LogP) is 6.65. The van der Waals surface area contributed by atoms with E-state index in [9.17, 15) is 22.8 Å². The molecule has 0 atom stereocenters. The van der Waals surface area contributed by atoms with Crippen LogP contribution in [0.25, 0.3) is 10.4 Å². The second-order valence-corrected chi connectivity index (χ2v) is 8.78. The smallest absolute Gasteiger partial charge is 0.341 e. The van der Waals surface area contributed by atoms with Gasteiger partial charge in [0.05, 0.1) is 23.4 Å². The average Bonchev–Trinajstić information content (AvgIpc) is 3.24. The molecule has 2 heterocycles. The number of esters is 1. The van der Waals surface area contributed by atoms with E-state index < -0.39 is 29.3 Å². The average molecular weight is 503 g/mol. The molecule has 1 amide bonds. The number of anilines is 1. The Morgan fingerprint density at radius 3 is 2.54 bits per heavy atom. The fourth-order valence-electron chi connectivity index (χ4n) is 3.44. The largest absolute Gasteiger partial charge is 0.465 e. The summed E-state index contributed by atoms with van der Waals surface area (Å²) in [6, 6.07) is 2.78. The van der Waals surface area contributed by atoms with E-state index in [-0.39, 0.29) is 38.5 Å². The first kappa shape index (κ1) is 26.0. The number of halogens is 3. The molecule has 0 saturated carbocycles. The molecule has 0 bridgehead atoms. The number of carbonyl (C=O) groups excluding carboxylic acids is 2. The minimum atomic E-state index is -1.10. The van der Waals surface area contributed by atoms with Crippen molar-refractivity contribution < 1.29 is 27.5 Å². The number of aryl methyl sites for hydroxylation is 1. The van der Waals surface area contributed by atoms with Crippen molar-refractivity contribution in [2.24, 2.45) is 0 Å². The molecular weight excluding hydrogens is 477 g/mol. The van der Waals surface area contributed by atoms with Crippen LogP contribution in [-0.2, 0) is 9.53 Å². The first-order valence-corrected chi connectivity index (χ1v) is 11.6. The molecular formula is C26H25F3N2O3S. The van der Waals surface area contributed by atoms with Gasteiger partial charge in [-0.2, -0.15) is 0 Å².